The zero-order valence-electron chi connectivity index (χ0n) is 14.7. The third kappa shape index (κ3) is 3.04. The topological polar surface area (TPSA) is 119 Å². The second-order valence-electron chi connectivity index (χ2n) is 6.36. The molecule has 4 rings (SSSR count). The maximum absolute atomic E-state index is 9.15. The molecule has 0 spiro atoms. The van der Waals surface area contributed by atoms with Crippen molar-refractivity contribution in [1.82, 2.24) is 19.5 Å². The number of hydrogen-bond acceptors (Lipinski definition) is 6. The van der Waals surface area contributed by atoms with Crippen molar-refractivity contribution >= 4 is 22.8 Å². The van der Waals surface area contributed by atoms with Gasteiger partial charge in [0.25, 0.3) is 0 Å². The van der Waals surface area contributed by atoms with E-state index in [1.165, 1.54) is 0 Å². The van der Waals surface area contributed by atoms with Gasteiger partial charge in [-0.2, -0.15) is 10.2 Å². The van der Waals surface area contributed by atoms with Crippen molar-refractivity contribution in [3.8, 4) is 17.3 Å². The fraction of sp³-hybridized carbons (Fsp3) is 0.100. The zero-order chi connectivity index (χ0) is 19.0. The van der Waals surface area contributed by atoms with Crippen LogP contribution < -0.4 is 11.5 Å². The molecule has 2 aromatic heterocycles. The van der Waals surface area contributed by atoms with E-state index in [9.17, 15) is 0 Å². The Labute approximate surface area is 155 Å². The molecule has 0 amide bonds. The summed E-state index contributed by atoms with van der Waals surface area (Å²) < 4.78 is 1.93. The maximum Gasteiger partial charge on any atom is 0.222 e. The lowest BCUT2D eigenvalue weighted by atomic mass is 10.1. The molecular weight excluding hydrogens is 338 g/mol. The van der Waals surface area contributed by atoms with Crippen LogP contribution >= 0.6 is 0 Å². The van der Waals surface area contributed by atoms with Gasteiger partial charge in [-0.05, 0) is 36.2 Å². The van der Waals surface area contributed by atoms with Gasteiger partial charge >= 0.3 is 0 Å². The highest BCUT2D eigenvalue weighted by atomic mass is 15.1. The average molecular weight is 355 g/mol. The van der Waals surface area contributed by atoms with Gasteiger partial charge in [0.15, 0.2) is 5.65 Å². The first-order valence-electron chi connectivity index (χ1n) is 8.39. The molecular formula is C20H17N7. The Morgan fingerprint density at radius 2 is 1.96 bits per heavy atom. The van der Waals surface area contributed by atoms with Crippen LogP contribution in [0.25, 0.3) is 22.4 Å². The first-order valence-corrected chi connectivity index (χ1v) is 8.39. The highest BCUT2D eigenvalue weighted by Gasteiger charge is 2.14. The Kier molecular flexibility index (Phi) is 3.94. The van der Waals surface area contributed by atoms with Gasteiger partial charge in [-0.25, -0.2) is 9.97 Å². The lowest BCUT2D eigenvalue weighted by Gasteiger charge is -2.08. The second kappa shape index (κ2) is 6.42. The SMILES string of the molecule is Cc1cc(Cn2cnc3c(-c4cccc(C#N)c4)nc(N)nc32)ccc1N. The second-order valence-corrected chi connectivity index (χ2v) is 6.36. The predicted molar refractivity (Wildman–Crippen MR) is 105 cm³/mol. The van der Waals surface area contributed by atoms with Crippen molar-refractivity contribution in [2.24, 2.45) is 0 Å². The number of imidazole rings is 1. The summed E-state index contributed by atoms with van der Waals surface area (Å²) in [6, 6.07) is 15.3. The number of rotatable bonds is 3. The number of nitrogens with zero attached hydrogens (tertiary/aromatic N) is 5. The lowest BCUT2D eigenvalue weighted by molar-refractivity contribution is 0.813. The number of hydrogen-bond donors (Lipinski definition) is 2. The molecule has 4 aromatic rings. The van der Waals surface area contributed by atoms with Gasteiger partial charge in [0, 0.05) is 11.3 Å². The number of nitrogens with two attached hydrogens (primary N) is 2. The molecule has 2 heterocycles. The molecule has 0 unspecified atom stereocenters. The van der Waals surface area contributed by atoms with E-state index < -0.39 is 0 Å². The van der Waals surface area contributed by atoms with Crippen LogP contribution in [-0.2, 0) is 6.54 Å². The van der Waals surface area contributed by atoms with Crippen LogP contribution in [0.2, 0.25) is 0 Å². The van der Waals surface area contributed by atoms with Gasteiger partial charge in [0.2, 0.25) is 5.95 Å². The van der Waals surface area contributed by atoms with E-state index in [1.807, 2.05) is 41.8 Å². The molecule has 0 saturated heterocycles. The molecule has 0 bridgehead atoms. The minimum Gasteiger partial charge on any atom is -0.399 e. The summed E-state index contributed by atoms with van der Waals surface area (Å²) in [5.74, 6) is 0.162. The first kappa shape index (κ1) is 16.5. The van der Waals surface area contributed by atoms with Crippen LogP contribution in [0.5, 0.6) is 0 Å². The Morgan fingerprint density at radius 3 is 2.74 bits per heavy atom. The normalized spacial score (nSPS) is 10.8. The van der Waals surface area contributed by atoms with Crippen molar-refractivity contribution in [2.75, 3.05) is 11.5 Å². The highest BCUT2D eigenvalue weighted by molar-refractivity contribution is 5.88. The van der Waals surface area contributed by atoms with Crippen LogP contribution in [0, 0.1) is 18.3 Å². The fourth-order valence-corrected chi connectivity index (χ4v) is 3.05. The standard InChI is InChI=1S/C20H17N7/c1-12-7-14(5-6-16(12)22)10-27-11-24-18-17(25-20(23)26-19(18)27)15-4-2-3-13(8-15)9-21/h2-8,11H,10,22H2,1H3,(H2,23,25,26). The van der Waals surface area contributed by atoms with E-state index in [2.05, 4.69) is 21.0 Å². The van der Waals surface area contributed by atoms with E-state index in [-0.39, 0.29) is 5.95 Å². The molecule has 0 atom stereocenters. The number of nitrogen functional groups attached to an aromatic ring is 2. The quantitative estimate of drug-likeness (QED) is 0.545. The molecule has 0 aliphatic heterocycles. The summed E-state index contributed by atoms with van der Waals surface area (Å²) in [6.45, 7) is 2.57. The van der Waals surface area contributed by atoms with Gasteiger partial charge in [0.05, 0.1) is 24.5 Å². The third-order valence-electron chi connectivity index (χ3n) is 4.43. The number of anilines is 2. The van der Waals surface area contributed by atoms with Crippen molar-refractivity contribution < 1.29 is 0 Å². The summed E-state index contributed by atoms with van der Waals surface area (Å²) in [7, 11) is 0. The Bertz CT molecular complexity index is 1200. The Morgan fingerprint density at radius 1 is 1.11 bits per heavy atom. The molecule has 0 saturated carbocycles. The summed E-state index contributed by atoms with van der Waals surface area (Å²) >= 11 is 0. The smallest absolute Gasteiger partial charge is 0.222 e. The number of benzene rings is 2. The fourth-order valence-electron chi connectivity index (χ4n) is 3.05. The zero-order valence-corrected chi connectivity index (χ0v) is 14.7. The largest absolute Gasteiger partial charge is 0.399 e. The Balaban J connectivity index is 1.82. The molecule has 0 fully saturated rings. The third-order valence-corrected chi connectivity index (χ3v) is 4.43. The van der Waals surface area contributed by atoms with E-state index in [1.54, 1.807) is 18.5 Å². The van der Waals surface area contributed by atoms with Crippen molar-refractivity contribution in [1.29, 1.82) is 5.26 Å². The molecule has 0 aliphatic carbocycles. The van der Waals surface area contributed by atoms with Crippen molar-refractivity contribution in [2.45, 2.75) is 13.5 Å². The molecule has 132 valence electrons. The summed E-state index contributed by atoms with van der Waals surface area (Å²) in [5.41, 5.74) is 18.0. The molecule has 0 radical (unpaired) electrons. The number of aromatic nitrogens is 4. The summed E-state index contributed by atoms with van der Waals surface area (Å²) in [4.78, 5) is 13.2. The van der Waals surface area contributed by atoms with Gasteiger partial charge in [-0.1, -0.05) is 24.3 Å². The minimum atomic E-state index is 0.162. The first-order chi connectivity index (χ1) is 13.0. The maximum atomic E-state index is 9.15. The Hall–Kier alpha value is -3.92. The molecule has 7 nitrogen and oxygen atoms in total. The molecule has 2 aromatic carbocycles. The highest BCUT2D eigenvalue weighted by Crippen LogP contribution is 2.27. The molecule has 4 N–H and O–H groups in total. The number of aryl methyl sites for hydroxylation is 1. The van der Waals surface area contributed by atoms with E-state index in [4.69, 9.17) is 16.7 Å². The lowest BCUT2D eigenvalue weighted by Crippen LogP contribution is -2.04. The van der Waals surface area contributed by atoms with Gasteiger partial charge in [0.1, 0.15) is 11.2 Å². The van der Waals surface area contributed by atoms with Crippen LogP contribution in [0.4, 0.5) is 11.6 Å². The van der Waals surface area contributed by atoms with E-state index >= 15 is 0 Å². The number of fused-ring (bicyclic) bond motifs is 1. The van der Waals surface area contributed by atoms with E-state index in [0.29, 0.717) is 29.0 Å². The predicted octanol–water partition coefficient (Wildman–Crippen LogP) is 2.89. The minimum absolute atomic E-state index is 0.162. The van der Waals surface area contributed by atoms with Crippen molar-refractivity contribution in [3.63, 3.8) is 0 Å². The monoisotopic (exact) mass is 355 g/mol. The van der Waals surface area contributed by atoms with Crippen LogP contribution in [0.15, 0.2) is 48.8 Å². The van der Waals surface area contributed by atoms with Gasteiger partial charge in [-0.15, -0.1) is 0 Å². The van der Waals surface area contributed by atoms with Gasteiger partial charge < -0.3 is 16.0 Å². The summed E-state index contributed by atoms with van der Waals surface area (Å²) in [6.07, 6.45) is 1.72. The molecule has 7 heteroatoms. The van der Waals surface area contributed by atoms with Crippen LogP contribution in [0.3, 0.4) is 0 Å². The average Bonchev–Trinajstić information content (AvgIpc) is 3.06. The molecule has 27 heavy (non-hydrogen) atoms. The molecule has 0 aliphatic rings. The summed E-state index contributed by atoms with van der Waals surface area (Å²) in [5, 5.41) is 9.15. The van der Waals surface area contributed by atoms with Crippen LogP contribution in [0.1, 0.15) is 16.7 Å². The van der Waals surface area contributed by atoms with Gasteiger partial charge in [-0.3, -0.25) is 0 Å². The van der Waals surface area contributed by atoms with E-state index in [0.717, 1.165) is 22.4 Å². The van der Waals surface area contributed by atoms with Crippen molar-refractivity contribution in [3.05, 3.63) is 65.5 Å². The van der Waals surface area contributed by atoms with Crippen LogP contribution in [-0.4, -0.2) is 19.5 Å². The number of nitriles is 1.